The van der Waals surface area contributed by atoms with Crippen LogP contribution in [0.1, 0.15) is 64.1 Å². The number of carbonyl (C=O) groups excluding carboxylic acids is 1. The molecule has 1 unspecified atom stereocenters. The Bertz CT molecular complexity index is 1440. The number of carbonyl (C=O) groups is 1. The fourth-order valence-corrected chi connectivity index (χ4v) is 5.50. The predicted octanol–water partition coefficient (Wildman–Crippen LogP) is 7.05. The Balaban J connectivity index is 1.60. The molecule has 5 rings (SSSR count). The summed E-state index contributed by atoms with van der Waals surface area (Å²) in [7, 11) is 0. The fraction of sp³-hybridized carbons (Fsp3) is 0.267. The first-order chi connectivity index (χ1) is 18.4. The second-order valence-corrected chi connectivity index (χ2v) is 9.90. The van der Waals surface area contributed by atoms with Gasteiger partial charge >= 0.3 is 0 Å². The highest BCUT2D eigenvalue weighted by Gasteiger charge is 2.32. The summed E-state index contributed by atoms with van der Waals surface area (Å²) in [6, 6.07) is 18.6. The maximum Gasteiger partial charge on any atom is 0.272 e. The molecule has 1 aliphatic rings. The van der Waals surface area contributed by atoms with Gasteiger partial charge in [-0.3, -0.25) is 4.79 Å². The van der Waals surface area contributed by atoms with Crippen molar-refractivity contribution in [3.63, 3.8) is 0 Å². The first-order valence-corrected chi connectivity index (χ1v) is 13.2. The van der Waals surface area contributed by atoms with Crippen LogP contribution in [0.15, 0.2) is 72.8 Å². The van der Waals surface area contributed by atoms with E-state index in [0.717, 1.165) is 42.0 Å². The number of rotatable bonds is 7. The van der Waals surface area contributed by atoms with Crippen LogP contribution in [-0.4, -0.2) is 21.6 Å². The zero-order valence-electron chi connectivity index (χ0n) is 20.6. The second kappa shape index (κ2) is 11.4. The number of fused-ring (bicyclic) bond motifs is 1. The van der Waals surface area contributed by atoms with Crippen molar-refractivity contribution in [2.75, 3.05) is 5.88 Å². The minimum absolute atomic E-state index is 0.0600. The van der Waals surface area contributed by atoms with Gasteiger partial charge in [0, 0.05) is 23.4 Å². The van der Waals surface area contributed by atoms with Crippen molar-refractivity contribution in [1.82, 2.24) is 15.1 Å². The number of benzene rings is 3. The zero-order chi connectivity index (χ0) is 26.6. The van der Waals surface area contributed by atoms with Gasteiger partial charge in [0.15, 0.2) is 11.5 Å². The minimum atomic E-state index is -0.779. The average Bonchev–Trinajstić information content (AvgIpc) is 3.16. The van der Waals surface area contributed by atoms with Crippen molar-refractivity contribution >= 4 is 17.5 Å². The Kier molecular flexibility index (Phi) is 7.84. The number of amides is 1. The normalized spacial score (nSPS) is 15.9. The van der Waals surface area contributed by atoms with Crippen LogP contribution >= 0.6 is 11.6 Å². The maximum atomic E-state index is 15.0. The summed E-state index contributed by atoms with van der Waals surface area (Å²) < 4.78 is 44.2. The molecule has 196 valence electrons. The fourth-order valence-electron chi connectivity index (χ4n) is 5.25. The van der Waals surface area contributed by atoms with Gasteiger partial charge in [0.1, 0.15) is 17.3 Å². The van der Waals surface area contributed by atoms with Gasteiger partial charge in [-0.25, -0.2) is 17.9 Å². The van der Waals surface area contributed by atoms with E-state index in [0.29, 0.717) is 18.5 Å². The summed E-state index contributed by atoms with van der Waals surface area (Å²) in [5.41, 5.74) is 3.34. The topological polar surface area (TPSA) is 46.9 Å². The Morgan fingerprint density at radius 2 is 1.79 bits per heavy atom. The summed E-state index contributed by atoms with van der Waals surface area (Å²) in [5, 5.41) is 7.59. The van der Waals surface area contributed by atoms with E-state index < -0.39 is 23.6 Å². The molecule has 0 radical (unpaired) electrons. The summed E-state index contributed by atoms with van der Waals surface area (Å²) in [5.74, 6) is -2.21. The van der Waals surface area contributed by atoms with Crippen LogP contribution < -0.4 is 5.32 Å². The van der Waals surface area contributed by atoms with Gasteiger partial charge in [0.2, 0.25) is 0 Å². The first kappa shape index (κ1) is 26.0. The van der Waals surface area contributed by atoms with Gasteiger partial charge in [-0.15, -0.1) is 11.6 Å². The standard InChI is InChI=1S/C30H27ClF3N3O/c31-18-26(20-8-2-1-3-9-20)35-30(38)28-24-12-5-4-10-21(15-19-7-6-11-22(32)16-19)29(24)37(36-28)27-14-13-23(33)17-25(27)34/h1-3,6-9,11,13-14,16-17,21,26H,4-5,10,12,15,18H2,(H,35,38)/t21?,26-/m1/s1. The molecule has 4 nitrogen and oxygen atoms in total. The van der Waals surface area contributed by atoms with E-state index in [4.69, 9.17) is 11.6 Å². The molecule has 0 saturated heterocycles. The summed E-state index contributed by atoms with van der Waals surface area (Å²) >= 11 is 6.21. The summed E-state index contributed by atoms with van der Waals surface area (Å²) in [6.45, 7) is 0. The third-order valence-electron chi connectivity index (χ3n) is 7.02. The van der Waals surface area contributed by atoms with Crippen LogP contribution in [0.3, 0.4) is 0 Å². The zero-order valence-corrected chi connectivity index (χ0v) is 21.4. The Labute approximate surface area is 224 Å². The molecule has 0 bridgehead atoms. The second-order valence-electron chi connectivity index (χ2n) is 9.59. The van der Waals surface area contributed by atoms with Gasteiger partial charge in [0.05, 0.1) is 11.7 Å². The van der Waals surface area contributed by atoms with Crippen molar-refractivity contribution in [3.8, 4) is 5.69 Å². The molecule has 3 aromatic carbocycles. The smallest absolute Gasteiger partial charge is 0.272 e. The molecular weight excluding hydrogens is 511 g/mol. The number of hydrogen-bond acceptors (Lipinski definition) is 2. The SMILES string of the molecule is O=C(N[C@H](CCl)c1ccccc1)c1nn(-c2ccc(F)cc2F)c2c1CCCCC2Cc1cccc(F)c1. The molecule has 4 aromatic rings. The van der Waals surface area contributed by atoms with Gasteiger partial charge in [-0.1, -0.05) is 48.9 Å². The largest absolute Gasteiger partial charge is 0.343 e. The van der Waals surface area contributed by atoms with Crippen molar-refractivity contribution < 1.29 is 18.0 Å². The molecule has 1 aliphatic carbocycles. The quantitative estimate of drug-likeness (QED) is 0.203. The van der Waals surface area contributed by atoms with Crippen LogP contribution in [0.2, 0.25) is 0 Å². The van der Waals surface area contributed by atoms with Gasteiger partial charge in [0.25, 0.3) is 5.91 Å². The third kappa shape index (κ3) is 5.48. The summed E-state index contributed by atoms with van der Waals surface area (Å²) in [6.07, 6.45) is 3.54. The van der Waals surface area contributed by atoms with Crippen molar-refractivity contribution in [3.05, 3.63) is 118 Å². The molecule has 38 heavy (non-hydrogen) atoms. The van der Waals surface area contributed by atoms with Crippen LogP contribution in [0.4, 0.5) is 13.2 Å². The molecule has 0 aliphatic heterocycles. The molecule has 0 saturated carbocycles. The van der Waals surface area contributed by atoms with E-state index in [1.807, 2.05) is 36.4 Å². The van der Waals surface area contributed by atoms with E-state index in [9.17, 15) is 13.6 Å². The molecule has 1 N–H and O–H groups in total. The van der Waals surface area contributed by atoms with E-state index in [2.05, 4.69) is 10.4 Å². The van der Waals surface area contributed by atoms with Crippen molar-refractivity contribution in [2.45, 2.75) is 44.1 Å². The lowest BCUT2D eigenvalue weighted by atomic mass is 9.90. The lowest BCUT2D eigenvalue weighted by Crippen LogP contribution is -2.30. The highest BCUT2D eigenvalue weighted by atomic mass is 35.5. The summed E-state index contributed by atoms with van der Waals surface area (Å²) in [4.78, 5) is 13.6. The Morgan fingerprint density at radius 3 is 2.53 bits per heavy atom. The number of hydrogen-bond donors (Lipinski definition) is 1. The van der Waals surface area contributed by atoms with Crippen molar-refractivity contribution in [1.29, 1.82) is 0 Å². The molecule has 0 fully saturated rings. The Morgan fingerprint density at radius 1 is 1.00 bits per heavy atom. The maximum absolute atomic E-state index is 15.0. The van der Waals surface area contributed by atoms with E-state index in [1.165, 1.54) is 28.9 Å². The van der Waals surface area contributed by atoms with Crippen molar-refractivity contribution in [2.24, 2.45) is 0 Å². The van der Waals surface area contributed by atoms with E-state index >= 15 is 4.39 Å². The lowest BCUT2D eigenvalue weighted by Gasteiger charge is -2.19. The van der Waals surface area contributed by atoms with E-state index in [-0.39, 0.29) is 29.0 Å². The molecule has 1 aromatic heterocycles. The number of alkyl halides is 1. The van der Waals surface area contributed by atoms with Gasteiger partial charge in [-0.05, 0) is 61.1 Å². The molecule has 8 heteroatoms. The van der Waals surface area contributed by atoms with Gasteiger partial charge in [-0.2, -0.15) is 5.10 Å². The van der Waals surface area contributed by atoms with Crippen LogP contribution in [-0.2, 0) is 12.8 Å². The van der Waals surface area contributed by atoms with Crippen LogP contribution in [0.25, 0.3) is 5.69 Å². The molecule has 1 heterocycles. The van der Waals surface area contributed by atoms with Gasteiger partial charge < -0.3 is 5.32 Å². The number of halogens is 4. The lowest BCUT2D eigenvalue weighted by molar-refractivity contribution is 0.0934. The monoisotopic (exact) mass is 537 g/mol. The first-order valence-electron chi connectivity index (χ1n) is 12.7. The third-order valence-corrected chi connectivity index (χ3v) is 7.33. The van der Waals surface area contributed by atoms with Crippen LogP contribution in [0, 0.1) is 17.5 Å². The molecule has 2 atom stereocenters. The predicted molar refractivity (Wildman–Crippen MR) is 141 cm³/mol. The molecule has 0 spiro atoms. The highest BCUT2D eigenvalue weighted by Crippen LogP contribution is 2.37. The molecular formula is C30H27ClF3N3O. The minimum Gasteiger partial charge on any atom is -0.343 e. The average molecular weight is 538 g/mol. The highest BCUT2D eigenvalue weighted by molar-refractivity contribution is 6.18. The van der Waals surface area contributed by atoms with E-state index in [1.54, 1.807) is 6.07 Å². The van der Waals surface area contributed by atoms with Crippen LogP contribution in [0.5, 0.6) is 0 Å². The number of nitrogens with one attached hydrogen (secondary N) is 1. The number of nitrogens with zero attached hydrogens (tertiary/aromatic N) is 2. The molecule has 1 amide bonds. The number of aromatic nitrogens is 2. The Hall–Kier alpha value is -3.58.